The smallest absolute Gasteiger partial charge is 0.387 e. The predicted octanol–water partition coefficient (Wildman–Crippen LogP) is 1.84. The van der Waals surface area contributed by atoms with Crippen LogP contribution in [-0.2, 0) is 16.0 Å². The van der Waals surface area contributed by atoms with Crippen molar-refractivity contribution in [2.24, 2.45) is 5.73 Å². The van der Waals surface area contributed by atoms with Crippen LogP contribution in [-0.4, -0.2) is 20.0 Å². The molecule has 1 aromatic carbocycles. The maximum absolute atomic E-state index is 12.6. The molecular formula is C9H10ClF3N2O2S. The van der Waals surface area contributed by atoms with Gasteiger partial charge in [0.15, 0.2) is 9.84 Å². The zero-order valence-electron chi connectivity index (χ0n) is 8.86. The molecule has 3 N–H and O–H groups in total. The van der Waals surface area contributed by atoms with Gasteiger partial charge in [-0.3, -0.25) is 5.41 Å². The standard InChI is InChI=1S/C9H9F3N2O2S.ClH/c10-9(11,12)6-3-1-2-4-7(6)17(15,16)5-8(13)14;/h1-4H,5H2,(H3,13,14);1H. The van der Waals surface area contributed by atoms with Crippen LogP contribution in [0.5, 0.6) is 0 Å². The van der Waals surface area contributed by atoms with E-state index in [1.165, 1.54) is 6.07 Å². The van der Waals surface area contributed by atoms with Gasteiger partial charge >= 0.3 is 6.18 Å². The third-order valence-corrected chi connectivity index (χ3v) is 3.59. The van der Waals surface area contributed by atoms with Gasteiger partial charge in [-0.2, -0.15) is 13.2 Å². The minimum Gasteiger partial charge on any atom is -0.387 e. The summed E-state index contributed by atoms with van der Waals surface area (Å²) in [6.07, 6.45) is -4.76. The number of alkyl halides is 3. The highest BCUT2D eigenvalue weighted by Gasteiger charge is 2.36. The zero-order valence-corrected chi connectivity index (χ0v) is 10.5. The Morgan fingerprint density at radius 2 is 1.78 bits per heavy atom. The molecule has 0 bridgehead atoms. The Bertz CT molecular complexity index is 543. The van der Waals surface area contributed by atoms with Crippen LogP contribution >= 0.6 is 12.4 Å². The Labute approximate surface area is 108 Å². The van der Waals surface area contributed by atoms with Crippen molar-refractivity contribution in [2.45, 2.75) is 11.1 Å². The first-order chi connectivity index (χ1) is 7.64. The summed E-state index contributed by atoms with van der Waals surface area (Å²) < 4.78 is 60.9. The Balaban J connectivity index is 0.00000289. The fourth-order valence-electron chi connectivity index (χ4n) is 1.25. The van der Waals surface area contributed by atoms with E-state index in [-0.39, 0.29) is 12.4 Å². The van der Waals surface area contributed by atoms with Gasteiger partial charge in [-0.15, -0.1) is 12.4 Å². The van der Waals surface area contributed by atoms with Crippen molar-refractivity contribution in [2.75, 3.05) is 5.75 Å². The molecule has 0 aliphatic rings. The Morgan fingerprint density at radius 3 is 2.22 bits per heavy atom. The molecule has 0 fully saturated rings. The number of nitrogens with two attached hydrogens (primary N) is 1. The van der Waals surface area contributed by atoms with E-state index in [1.807, 2.05) is 0 Å². The molecule has 0 saturated heterocycles. The number of hydrogen-bond donors (Lipinski definition) is 2. The van der Waals surface area contributed by atoms with Crippen LogP contribution in [0.1, 0.15) is 5.56 Å². The normalized spacial score (nSPS) is 11.7. The van der Waals surface area contributed by atoms with Gasteiger partial charge in [0.1, 0.15) is 11.6 Å². The van der Waals surface area contributed by atoms with Crippen LogP contribution in [0.25, 0.3) is 0 Å². The molecule has 18 heavy (non-hydrogen) atoms. The second-order valence-corrected chi connectivity index (χ2v) is 5.24. The van der Waals surface area contributed by atoms with Gasteiger partial charge in [0, 0.05) is 0 Å². The molecule has 0 unspecified atom stereocenters. The number of sulfone groups is 1. The molecule has 1 rings (SSSR count). The molecular weight excluding hydrogens is 293 g/mol. The van der Waals surface area contributed by atoms with Gasteiger partial charge in [0.05, 0.1) is 10.5 Å². The molecule has 0 aromatic heterocycles. The Kier molecular flexibility index (Phi) is 5.18. The summed E-state index contributed by atoms with van der Waals surface area (Å²) in [5.41, 5.74) is 3.65. The average Bonchev–Trinajstić information content (AvgIpc) is 2.14. The Hall–Kier alpha value is -1.28. The first kappa shape index (κ1) is 16.7. The topological polar surface area (TPSA) is 84.0 Å². The van der Waals surface area contributed by atoms with Crippen LogP contribution in [0.4, 0.5) is 13.2 Å². The zero-order chi connectivity index (χ0) is 13.3. The van der Waals surface area contributed by atoms with E-state index in [0.717, 1.165) is 12.1 Å². The van der Waals surface area contributed by atoms with Crippen LogP contribution in [0.15, 0.2) is 29.2 Å². The van der Waals surface area contributed by atoms with Crippen LogP contribution in [0.2, 0.25) is 0 Å². The second kappa shape index (κ2) is 5.57. The van der Waals surface area contributed by atoms with Crippen molar-refractivity contribution < 1.29 is 21.6 Å². The maximum Gasteiger partial charge on any atom is 0.417 e. The van der Waals surface area contributed by atoms with Gasteiger partial charge in [-0.05, 0) is 12.1 Å². The maximum atomic E-state index is 12.6. The molecule has 0 atom stereocenters. The van der Waals surface area contributed by atoms with Crippen molar-refractivity contribution in [3.8, 4) is 0 Å². The fourth-order valence-corrected chi connectivity index (χ4v) is 2.62. The summed E-state index contributed by atoms with van der Waals surface area (Å²) in [5, 5.41) is 6.84. The van der Waals surface area contributed by atoms with Crippen molar-refractivity contribution >= 4 is 28.1 Å². The van der Waals surface area contributed by atoms with Crippen molar-refractivity contribution in [1.29, 1.82) is 5.41 Å². The van der Waals surface area contributed by atoms with Crippen molar-refractivity contribution in [1.82, 2.24) is 0 Å². The number of halogens is 4. The number of nitrogens with one attached hydrogen (secondary N) is 1. The summed E-state index contributed by atoms with van der Waals surface area (Å²) in [4.78, 5) is -0.859. The third kappa shape index (κ3) is 3.88. The van der Waals surface area contributed by atoms with Crippen LogP contribution in [0, 0.1) is 5.41 Å². The second-order valence-electron chi connectivity index (χ2n) is 3.28. The molecule has 0 aliphatic carbocycles. The van der Waals surface area contributed by atoms with Crippen LogP contribution < -0.4 is 5.73 Å². The highest BCUT2D eigenvalue weighted by Crippen LogP contribution is 2.34. The molecule has 0 radical (unpaired) electrons. The minimum absolute atomic E-state index is 0. The fraction of sp³-hybridized carbons (Fsp3) is 0.222. The number of amidine groups is 1. The van der Waals surface area contributed by atoms with Crippen LogP contribution in [0.3, 0.4) is 0 Å². The molecule has 0 aliphatic heterocycles. The van der Waals surface area contributed by atoms with Gasteiger partial charge in [0.2, 0.25) is 0 Å². The summed E-state index contributed by atoms with van der Waals surface area (Å²) >= 11 is 0. The molecule has 9 heteroatoms. The summed E-state index contributed by atoms with van der Waals surface area (Å²) in [6.45, 7) is 0. The van der Waals surface area contributed by atoms with Crippen molar-refractivity contribution in [3.05, 3.63) is 29.8 Å². The molecule has 102 valence electrons. The monoisotopic (exact) mass is 302 g/mol. The van der Waals surface area contributed by atoms with Gasteiger partial charge in [0.25, 0.3) is 0 Å². The summed E-state index contributed by atoms with van der Waals surface area (Å²) in [6, 6.07) is 3.80. The largest absolute Gasteiger partial charge is 0.417 e. The number of benzene rings is 1. The average molecular weight is 303 g/mol. The molecule has 0 heterocycles. The summed E-state index contributed by atoms with van der Waals surface area (Å²) in [5.74, 6) is -1.64. The van der Waals surface area contributed by atoms with Gasteiger partial charge < -0.3 is 5.73 Å². The van der Waals surface area contributed by atoms with Gasteiger partial charge in [-0.25, -0.2) is 8.42 Å². The molecule has 0 saturated carbocycles. The lowest BCUT2D eigenvalue weighted by molar-refractivity contribution is -0.139. The van der Waals surface area contributed by atoms with E-state index in [9.17, 15) is 21.6 Å². The summed E-state index contributed by atoms with van der Waals surface area (Å²) in [7, 11) is -4.24. The minimum atomic E-state index is -4.76. The first-order valence-electron chi connectivity index (χ1n) is 4.36. The molecule has 1 aromatic rings. The van der Waals surface area contributed by atoms with E-state index < -0.39 is 38.1 Å². The van der Waals surface area contributed by atoms with E-state index in [0.29, 0.717) is 6.07 Å². The quantitative estimate of drug-likeness (QED) is 0.660. The first-order valence-corrected chi connectivity index (χ1v) is 6.01. The highest BCUT2D eigenvalue weighted by atomic mass is 35.5. The SMILES string of the molecule is Cl.N=C(N)CS(=O)(=O)c1ccccc1C(F)(F)F. The third-order valence-electron chi connectivity index (χ3n) is 1.87. The molecule has 4 nitrogen and oxygen atoms in total. The lowest BCUT2D eigenvalue weighted by Gasteiger charge is -2.12. The van der Waals surface area contributed by atoms with E-state index in [2.05, 4.69) is 0 Å². The van der Waals surface area contributed by atoms with E-state index in [1.54, 1.807) is 0 Å². The molecule has 0 amide bonds. The van der Waals surface area contributed by atoms with Crippen molar-refractivity contribution in [3.63, 3.8) is 0 Å². The highest BCUT2D eigenvalue weighted by molar-refractivity contribution is 7.92. The lowest BCUT2D eigenvalue weighted by atomic mass is 10.2. The number of hydrogen-bond acceptors (Lipinski definition) is 3. The lowest BCUT2D eigenvalue weighted by Crippen LogP contribution is -2.24. The number of rotatable bonds is 3. The predicted molar refractivity (Wildman–Crippen MR) is 62.7 cm³/mol. The van der Waals surface area contributed by atoms with Gasteiger partial charge in [-0.1, -0.05) is 12.1 Å². The Morgan fingerprint density at radius 1 is 1.28 bits per heavy atom. The van der Waals surface area contributed by atoms with E-state index in [4.69, 9.17) is 11.1 Å². The van der Waals surface area contributed by atoms with E-state index >= 15 is 0 Å². The molecule has 0 spiro atoms.